The molecule has 0 aromatic heterocycles. The molecule has 1 unspecified atom stereocenters. The van der Waals surface area contributed by atoms with Gasteiger partial charge in [-0.1, -0.05) is 12.1 Å². The number of esters is 1. The van der Waals surface area contributed by atoms with Gasteiger partial charge in [0.05, 0.1) is 17.9 Å². The molecule has 0 N–H and O–H groups in total. The maximum Gasteiger partial charge on any atom is 0.338 e. The zero-order valence-electron chi connectivity index (χ0n) is 19.5. The Kier molecular flexibility index (Phi) is 7.56. The Balaban J connectivity index is 1.36. The summed E-state index contributed by atoms with van der Waals surface area (Å²) < 4.78 is 18.9. The van der Waals surface area contributed by atoms with Crippen LogP contribution in [0.1, 0.15) is 53.0 Å². The highest BCUT2D eigenvalue weighted by molar-refractivity contribution is 8.00. The molecule has 34 heavy (non-hydrogen) atoms. The van der Waals surface area contributed by atoms with E-state index in [-0.39, 0.29) is 29.0 Å². The van der Waals surface area contributed by atoms with Crippen LogP contribution in [-0.2, 0) is 14.3 Å². The van der Waals surface area contributed by atoms with E-state index in [1.54, 1.807) is 42.2 Å². The molecule has 0 spiro atoms. The lowest BCUT2D eigenvalue weighted by Crippen LogP contribution is -2.37. The first kappa shape index (κ1) is 24.3. The Morgan fingerprint density at radius 2 is 1.82 bits per heavy atom. The second-order valence-corrected chi connectivity index (χ2v) is 9.92. The number of likely N-dealkylation sites (tertiary alicyclic amines) is 1. The van der Waals surface area contributed by atoms with Gasteiger partial charge in [0.2, 0.25) is 11.8 Å². The fourth-order valence-corrected chi connectivity index (χ4v) is 5.72. The van der Waals surface area contributed by atoms with Crippen LogP contribution in [-0.4, -0.2) is 48.1 Å². The van der Waals surface area contributed by atoms with Gasteiger partial charge < -0.3 is 9.64 Å². The largest absolute Gasteiger partial charge is 0.462 e. The first-order chi connectivity index (χ1) is 16.3. The van der Waals surface area contributed by atoms with Crippen LogP contribution in [0.5, 0.6) is 0 Å². The number of thioether (sulfide) groups is 1. The van der Waals surface area contributed by atoms with Crippen LogP contribution in [0.2, 0.25) is 0 Å². The van der Waals surface area contributed by atoms with Crippen LogP contribution < -0.4 is 4.90 Å². The van der Waals surface area contributed by atoms with Crippen LogP contribution in [0.4, 0.5) is 10.1 Å². The summed E-state index contributed by atoms with van der Waals surface area (Å²) in [6, 6.07) is 11.4. The van der Waals surface area contributed by atoms with E-state index in [0.29, 0.717) is 23.8 Å². The Hall–Kier alpha value is -2.87. The van der Waals surface area contributed by atoms with Crippen molar-refractivity contribution in [2.45, 2.75) is 38.5 Å². The molecule has 2 amide bonds. The number of amides is 2. The number of hydrogen-bond acceptors (Lipinski definition) is 5. The molecule has 8 heteroatoms. The van der Waals surface area contributed by atoms with Gasteiger partial charge in [-0.3, -0.25) is 14.5 Å². The van der Waals surface area contributed by atoms with Gasteiger partial charge >= 0.3 is 5.97 Å². The van der Waals surface area contributed by atoms with Crippen molar-refractivity contribution in [3.05, 3.63) is 65.0 Å². The van der Waals surface area contributed by atoms with Crippen LogP contribution >= 0.6 is 11.8 Å². The molecule has 2 aliphatic rings. The van der Waals surface area contributed by atoms with Gasteiger partial charge in [0, 0.05) is 25.7 Å². The molecular formula is C26H29FN2O4S. The monoisotopic (exact) mass is 484 g/mol. The van der Waals surface area contributed by atoms with Crippen molar-refractivity contribution >= 4 is 35.2 Å². The molecule has 2 fully saturated rings. The van der Waals surface area contributed by atoms with E-state index in [9.17, 15) is 18.8 Å². The van der Waals surface area contributed by atoms with E-state index >= 15 is 0 Å². The van der Waals surface area contributed by atoms with E-state index in [1.165, 1.54) is 23.9 Å². The topological polar surface area (TPSA) is 66.9 Å². The Morgan fingerprint density at radius 1 is 1.12 bits per heavy atom. The molecule has 180 valence electrons. The molecule has 2 aromatic carbocycles. The molecule has 2 aromatic rings. The Bertz CT molecular complexity index is 1070. The van der Waals surface area contributed by atoms with Crippen molar-refractivity contribution in [3.8, 4) is 0 Å². The van der Waals surface area contributed by atoms with Gasteiger partial charge in [-0.15, -0.1) is 11.8 Å². The summed E-state index contributed by atoms with van der Waals surface area (Å²) in [5.41, 5.74) is 2.84. The molecule has 0 radical (unpaired) electrons. The van der Waals surface area contributed by atoms with Crippen molar-refractivity contribution < 1.29 is 23.5 Å². The molecule has 6 nitrogen and oxygen atoms in total. The minimum absolute atomic E-state index is 0.0198. The number of piperidine rings is 1. The average molecular weight is 485 g/mol. The minimum atomic E-state index is -0.381. The van der Waals surface area contributed by atoms with Gasteiger partial charge in [0.15, 0.2) is 0 Å². The number of benzene rings is 2. The van der Waals surface area contributed by atoms with Crippen LogP contribution in [0.3, 0.4) is 0 Å². The van der Waals surface area contributed by atoms with Crippen LogP contribution in [0, 0.1) is 18.7 Å². The lowest BCUT2D eigenvalue weighted by atomic mass is 9.94. The quantitative estimate of drug-likeness (QED) is 0.555. The average Bonchev–Trinajstić information content (AvgIpc) is 3.20. The normalized spacial score (nSPS) is 18.9. The SMILES string of the molecule is CC(=O)N1CCC(CCOC(=O)c2ccc(N3C(=O)CSC3c3ccc(F)cc3)c(C)c2)CC1. The van der Waals surface area contributed by atoms with Crippen molar-refractivity contribution in [1.82, 2.24) is 4.90 Å². The number of carbonyl (C=O) groups is 3. The van der Waals surface area contributed by atoms with Crippen molar-refractivity contribution in [2.24, 2.45) is 5.92 Å². The van der Waals surface area contributed by atoms with Gasteiger partial charge in [-0.05, 0) is 73.6 Å². The minimum Gasteiger partial charge on any atom is -0.462 e. The fourth-order valence-electron chi connectivity index (χ4n) is 4.55. The number of halogens is 1. The molecule has 2 heterocycles. The first-order valence-electron chi connectivity index (χ1n) is 11.6. The molecule has 2 saturated heterocycles. The summed E-state index contributed by atoms with van der Waals surface area (Å²) in [5.74, 6) is 0.194. The fraction of sp³-hybridized carbons (Fsp3) is 0.423. The summed E-state index contributed by atoms with van der Waals surface area (Å²) in [6.45, 7) is 5.34. The Morgan fingerprint density at radius 3 is 2.47 bits per heavy atom. The number of hydrogen-bond donors (Lipinski definition) is 0. The van der Waals surface area contributed by atoms with Crippen molar-refractivity contribution in [3.63, 3.8) is 0 Å². The van der Waals surface area contributed by atoms with E-state index < -0.39 is 0 Å². The van der Waals surface area contributed by atoms with E-state index in [4.69, 9.17) is 4.74 Å². The third-order valence-corrected chi connectivity index (χ3v) is 7.75. The molecule has 0 saturated carbocycles. The highest BCUT2D eigenvalue weighted by Crippen LogP contribution is 2.42. The van der Waals surface area contributed by atoms with Crippen molar-refractivity contribution in [1.29, 1.82) is 0 Å². The van der Waals surface area contributed by atoms with E-state index in [0.717, 1.165) is 49.2 Å². The third kappa shape index (κ3) is 5.43. The molecular weight excluding hydrogens is 455 g/mol. The zero-order valence-corrected chi connectivity index (χ0v) is 20.3. The standard InChI is InChI=1S/C26H29FN2O4S/c1-17-15-21(26(32)33-14-11-19-9-12-28(13-10-19)18(2)30)5-8-23(17)29-24(31)16-34-25(29)20-3-6-22(27)7-4-20/h3-8,15,19,25H,9-14,16H2,1-2H3. The molecule has 1 atom stereocenters. The molecule has 0 aliphatic carbocycles. The maximum atomic E-state index is 13.3. The first-order valence-corrected chi connectivity index (χ1v) is 12.6. The van der Waals surface area contributed by atoms with Crippen LogP contribution in [0.15, 0.2) is 42.5 Å². The highest BCUT2D eigenvalue weighted by Gasteiger charge is 2.35. The number of aryl methyl sites for hydroxylation is 1. The Labute approximate surface area is 203 Å². The van der Waals surface area contributed by atoms with E-state index in [2.05, 4.69) is 0 Å². The smallest absolute Gasteiger partial charge is 0.338 e. The summed E-state index contributed by atoms with van der Waals surface area (Å²) in [7, 11) is 0. The maximum absolute atomic E-state index is 13.3. The number of carbonyl (C=O) groups excluding carboxylic acids is 3. The second-order valence-electron chi connectivity index (χ2n) is 8.85. The van der Waals surface area contributed by atoms with Crippen molar-refractivity contribution in [2.75, 3.05) is 30.3 Å². The lowest BCUT2D eigenvalue weighted by Gasteiger charge is -2.31. The number of anilines is 1. The number of ether oxygens (including phenoxy) is 1. The number of nitrogens with zero attached hydrogens (tertiary/aromatic N) is 2. The molecule has 0 bridgehead atoms. The summed E-state index contributed by atoms with van der Waals surface area (Å²) in [4.78, 5) is 40.3. The predicted molar refractivity (Wildman–Crippen MR) is 130 cm³/mol. The second kappa shape index (κ2) is 10.6. The van der Waals surface area contributed by atoms with Gasteiger partial charge in [-0.2, -0.15) is 0 Å². The van der Waals surface area contributed by atoms with Crippen LogP contribution in [0.25, 0.3) is 0 Å². The summed E-state index contributed by atoms with van der Waals surface area (Å²) >= 11 is 1.50. The summed E-state index contributed by atoms with van der Waals surface area (Å²) in [6.07, 6.45) is 2.65. The van der Waals surface area contributed by atoms with Gasteiger partial charge in [0.1, 0.15) is 11.2 Å². The lowest BCUT2D eigenvalue weighted by molar-refractivity contribution is -0.130. The highest BCUT2D eigenvalue weighted by atomic mass is 32.2. The van der Waals surface area contributed by atoms with Gasteiger partial charge in [-0.25, -0.2) is 9.18 Å². The molecule has 4 rings (SSSR count). The summed E-state index contributed by atoms with van der Waals surface area (Å²) in [5, 5.41) is -0.237. The predicted octanol–water partition coefficient (Wildman–Crippen LogP) is 4.72. The number of rotatable bonds is 6. The van der Waals surface area contributed by atoms with Gasteiger partial charge in [0.25, 0.3) is 0 Å². The third-order valence-electron chi connectivity index (χ3n) is 6.53. The van der Waals surface area contributed by atoms with E-state index in [1.807, 2.05) is 11.8 Å². The zero-order chi connectivity index (χ0) is 24.2. The molecule has 2 aliphatic heterocycles.